The van der Waals surface area contributed by atoms with Gasteiger partial charge in [0.1, 0.15) is 6.04 Å². The molecule has 0 aromatic heterocycles. The number of benzene rings is 2. The molecule has 5 heteroatoms. The fraction of sp³-hybridized carbons (Fsp3) is 0.125. The van der Waals surface area contributed by atoms with Crippen molar-refractivity contribution in [3.05, 3.63) is 59.1 Å². The zero-order valence-electron chi connectivity index (χ0n) is 11.4. The minimum absolute atomic E-state index is 0.131. The fourth-order valence-corrected chi connectivity index (χ4v) is 2.08. The number of carbonyl (C=O) groups excluding carboxylic acids is 1. The molecule has 2 rings (SSSR count). The molecule has 0 saturated heterocycles. The second kappa shape index (κ2) is 6.78. The number of amides is 1. The van der Waals surface area contributed by atoms with Crippen molar-refractivity contribution in [3.8, 4) is 6.07 Å². The van der Waals surface area contributed by atoms with E-state index in [4.69, 9.17) is 11.6 Å². The van der Waals surface area contributed by atoms with Gasteiger partial charge in [-0.3, -0.25) is 4.79 Å². The van der Waals surface area contributed by atoms with Crippen molar-refractivity contribution < 1.29 is 4.79 Å². The van der Waals surface area contributed by atoms with E-state index in [0.717, 1.165) is 5.56 Å². The van der Waals surface area contributed by atoms with E-state index >= 15 is 0 Å². The molecular formula is C16H14ClN3O. The summed E-state index contributed by atoms with van der Waals surface area (Å²) in [4.78, 5) is 11.0. The highest BCUT2D eigenvalue weighted by Gasteiger charge is 2.11. The maximum Gasteiger partial charge on any atom is 0.221 e. The number of para-hydroxylation sites is 1. The van der Waals surface area contributed by atoms with Crippen LogP contribution in [-0.4, -0.2) is 5.91 Å². The van der Waals surface area contributed by atoms with Gasteiger partial charge in [-0.1, -0.05) is 35.9 Å². The van der Waals surface area contributed by atoms with Crippen molar-refractivity contribution in [1.29, 1.82) is 5.26 Å². The minimum Gasteiger partial charge on any atom is -0.365 e. The number of carbonyl (C=O) groups is 1. The smallest absolute Gasteiger partial charge is 0.221 e. The van der Waals surface area contributed by atoms with Gasteiger partial charge in [0.15, 0.2) is 0 Å². The summed E-state index contributed by atoms with van der Waals surface area (Å²) in [6.07, 6.45) is 0. The van der Waals surface area contributed by atoms with Gasteiger partial charge >= 0.3 is 0 Å². The van der Waals surface area contributed by atoms with E-state index in [0.29, 0.717) is 16.4 Å². The Kier molecular flexibility index (Phi) is 4.81. The van der Waals surface area contributed by atoms with Crippen LogP contribution < -0.4 is 10.6 Å². The predicted molar refractivity (Wildman–Crippen MR) is 84.2 cm³/mol. The highest BCUT2D eigenvalue weighted by atomic mass is 35.5. The molecule has 1 amide bonds. The van der Waals surface area contributed by atoms with Gasteiger partial charge in [0.05, 0.1) is 16.8 Å². The summed E-state index contributed by atoms with van der Waals surface area (Å²) in [5.41, 5.74) is 2.20. The Balaban J connectivity index is 2.16. The number of nitrogens with one attached hydrogen (secondary N) is 2. The van der Waals surface area contributed by atoms with Gasteiger partial charge < -0.3 is 10.6 Å². The average Bonchev–Trinajstić information content (AvgIpc) is 2.47. The van der Waals surface area contributed by atoms with Gasteiger partial charge in [0.25, 0.3) is 0 Å². The summed E-state index contributed by atoms with van der Waals surface area (Å²) >= 11 is 6.08. The Bertz CT molecular complexity index is 677. The summed E-state index contributed by atoms with van der Waals surface area (Å²) in [5.74, 6) is -0.131. The quantitative estimate of drug-likeness (QED) is 0.897. The second-order valence-corrected chi connectivity index (χ2v) is 4.90. The molecule has 106 valence electrons. The number of nitriles is 1. The van der Waals surface area contributed by atoms with Crippen LogP contribution >= 0.6 is 11.6 Å². The standard InChI is InChI=1S/C16H14ClN3O/c1-11(21)19-13-8-6-12(7-9-13)16(10-18)20-15-5-3-2-4-14(15)17/h2-9,16,20H,1H3,(H,19,21). The lowest BCUT2D eigenvalue weighted by Crippen LogP contribution is -2.09. The normalized spacial score (nSPS) is 11.3. The van der Waals surface area contributed by atoms with Crippen LogP contribution in [0, 0.1) is 11.3 Å². The van der Waals surface area contributed by atoms with Crippen molar-refractivity contribution in [2.24, 2.45) is 0 Å². The molecule has 0 radical (unpaired) electrons. The van der Waals surface area contributed by atoms with E-state index in [2.05, 4.69) is 16.7 Å². The summed E-state index contributed by atoms with van der Waals surface area (Å²) in [7, 11) is 0. The highest BCUT2D eigenvalue weighted by Crippen LogP contribution is 2.26. The third-order valence-electron chi connectivity index (χ3n) is 2.87. The largest absolute Gasteiger partial charge is 0.365 e. The number of hydrogen-bond donors (Lipinski definition) is 2. The zero-order chi connectivity index (χ0) is 15.2. The fourth-order valence-electron chi connectivity index (χ4n) is 1.89. The molecule has 0 bridgehead atoms. The molecule has 2 aromatic carbocycles. The van der Waals surface area contributed by atoms with Crippen molar-refractivity contribution in [2.45, 2.75) is 13.0 Å². The van der Waals surface area contributed by atoms with E-state index < -0.39 is 6.04 Å². The number of nitrogens with zero attached hydrogens (tertiary/aromatic N) is 1. The van der Waals surface area contributed by atoms with Gasteiger partial charge in [-0.25, -0.2) is 0 Å². The van der Waals surface area contributed by atoms with Crippen LogP contribution in [0.1, 0.15) is 18.5 Å². The zero-order valence-corrected chi connectivity index (χ0v) is 12.2. The molecule has 0 heterocycles. The third kappa shape index (κ3) is 3.98. The molecule has 0 aliphatic rings. The van der Waals surface area contributed by atoms with E-state index in [1.807, 2.05) is 18.2 Å². The minimum atomic E-state index is -0.517. The first-order valence-electron chi connectivity index (χ1n) is 6.38. The molecule has 21 heavy (non-hydrogen) atoms. The van der Waals surface area contributed by atoms with E-state index in [-0.39, 0.29) is 5.91 Å². The Labute approximate surface area is 128 Å². The number of hydrogen-bond acceptors (Lipinski definition) is 3. The second-order valence-electron chi connectivity index (χ2n) is 4.49. The van der Waals surface area contributed by atoms with E-state index in [1.54, 1.807) is 30.3 Å². The molecule has 0 aliphatic heterocycles. The third-order valence-corrected chi connectivity index (χ3v) is 3.20. The molecule has 1 atom stereocenters. The van der Waals surface area contributed by atoms with Gasteiger partial charge in [0.2, 0.25) is 5.91 Å². The SMILES string of the molecule is CC(=O)Nc1ccc(C(C#N)Nc2ccccc2Cl)cc1. The lowest BCUT2D eigenvalue weighted by molar-refractivity contribution is -0.114. The summed E-state index contributed by atoms with van der Waals surface area (Å²) in [6.45, 7) is 1.45. The molecule has 0 fully saturated rings. The highest BCUT2D eigenvalue weighted by molar-refractivity contribution is 6.33. The van der Waals surface area contributed by atoms with Crippen molar-refractivity contribution in [2.75, 3.05) is 10.6 Å². The van der Waals surface area contributed by atoms with Gasteiger partial charge in [-0.05, 0) is 29.8 Å². The molecule has 2 N–H and O–H groups in total. The Morgan fingerprint density at radius 3 is 2.43 bits per heavy atom. The van der Waals surface area contributed by atoms with Crippen LogP contribution in [-0.2, 0) is 4.79 Å². The first-order chi connectivity index (χ1) is 10.1. The van der Waals surface area contributed by atoms with Crippen LogP contribution in [0.3, 0.4) is 0 Å². The molecule has 2 aromatic rings. The number of anilines is 2. The molecule has 0 saturated carbocycles. The Morgan fingerprint density at radius 2 is 1.86 bits per heavy atom. The molecule has 4 nitrogen and oxygen atoms in total. The molecule has 1 unspecified atom stereocenters. The van der Waals surface area contributed by atoms with Gasteiger partial charge in [-0.2, -0.15) is 5.26 Å². The molecule has 0 spiro atoms. The van der Waals surface area contributed by atoms with Gasteiger partial charge in [0, 0.05) is 12.6 Å². The van der Waals surface area contributed by atoms with E-state index in [1.165, 1.54) is 6.92 Å². The Morgan fingerprint density at radius 1 is 1.19 bits per heavy atom. The topological polar surface area (TPSA) is 64.9 Å². The molecule has 0 aliphatic carbocycles. The lowest BCUT2D eigenvalue weighted by Gasteiger charge is -2.15. The first kappa shape index (κ1) is 14.9. The Hall–Kier alpha value is -2.51. The van der Waals surface area contributed by atoms with Crippen molar-refractivity contribution in [1.82, 2.24) is 0 Å². The maximum absolute atomic E-state index is 11.0. The van der Waals surface area contributed by atoms with Crippen LogP contribution in [0.25, 0.3) is 0 Å². The van der Waals surface area contributed by atoms with Crippen molar-refractivity contribution >= 4 is 28.9 Å². The van der Waals surface area contributed by atoms with Crippen LogP contribution in [0.4, 0.5) is 11.4 Å². The molecular weight excluding hydrogens is 286 g/mol. The van der Waals surface area contributed by atoms with Crippen LogP contribution in [0.2, 0.25) is 5.02 Å². The number of halogens is 1. The summed E-state index contributed by atoms with van der Waals surface area (Å²) in [5, 5.41) is 15.7. The van der Waals surface area contributed by atoms with Gasteiger partial charge in [-0.15, -0.1) is 0 Å². The van der Waals surface area contributed by atoms with Crippen LogP contribution in [0.5, 0.6) is 0 Å². The van der Waals surface area contributed by atoms with Crippen molar-refractivity contribution in [3.63, 3.8) is 0 Å². The monoisotopic (exact) mass is 299 g/mol. The predicted octanol–water partition coefficient (Wildman–Crippen LogP) is 3.98. The number of rotatable bonds is 4. The maximum atomic E-state index is 11.0. The first-order valence-corrected chi connectivity index (χ1v) is 6.76. The lowest BCUT2D eigenvalue weighted by atomic mass is 10.1. The summed E-state index contributed by atoms with van der Waals surface area (Å²) < 4.78 is 0. The summed E-state index contributed by atoms with van der Waals surface area (Å²) in [6, 6.07) is 16.0. The van der Waals surface area contributed by atoms with E-state index in [9.17, 15) is 10.1 Å². The average molecular weight is 300 g/mol. The van der Waals surface area contributed by atoms with Crippen LogP contribution in [0.15, 0.2) is 48.5 Å².